The van der Waals surface area contributed by atoms with Gasteiger partial charge in [0.25, 0.3) is 0 Å². The molecule has 0 aliphatic rings. The highest BCUT2D eigenvalue weighted by Gasteiger charge is 2.14. The molecule has 1 atom stereocenters. The SMILES string of the molecule is Cc1ccc(N(c2ccccc2CCCc2ccc(C(=O)O)cc2)S(=O)[O-])cc1. The van der Waals surface area contributed by atoms with Crippen molar-refractivity contribution in [3.8, 4) is 0 Å². The average Bonchev–Trinajstić information content (AvgIpc) is 2.71. The molecule has 0 radical (unpaired) electrons. The molecule has 5 nitrogen and oxygen atoms in total. The van der Waals surface area contributed by atoms with Crippen LogP contribution in [0.15, 0.2) is 72.8 Å². The Morgan fingerprint density at radius 2 is 1.62 bits per heavy atom. The number of benzene rings is 3. The Morgan fingerprint density at radius 3 is 2.24 bits per heavy atom. The molecule has 0 amide bonds. The number of nitrogens with zero attached hydrogens (tertiary/aromatic N) is 1. The maximum absolute atomic E-state index is 12.0. The number of hydrogen-bond acceptors (Lipinski definition) is 3. The summed E-state index contributed by atoms with van der Waals surface area (Å²) in [6.07, 6.45) is 2.30. The molecular formula is C23H22NO4S-. The summed E-state index contributed by atoms with van der Waals surface area (Å²) in [4.78, 5) is 10.9. The lowest BCUT2D eigenvalue weighted by molar-refractivity contribution is 0.0697. The minimum absolute atomic E-state index is 0.269. The highest BCUT2D eigenvalue weighted by molar-refractivity contribution is 7.81. The van der Waals surface area contributed by atoms with Gasteiger partial charge in [0.05, 0.1) is 28.2 Å². The first-order chi connectivity index (χ1) is 14.0. The topological polar surface area (TPSA) is 80.7 Å². The minimum Gasteiger partial charge on any atom is -0.755 e. The van der Waals surface area contributed by atoms with Gasteiger partial charge in [0.15, 0.2) is 0 Å². The van der Waals surface area contributed by atoms with Gasteiger partial charge in [-0.15, -0.1) is 0 Å². The Hall–Kier alpha value is -2.96. The number of rotatable bonds is 8. The van der Waals surface area contributed by atoms with Gasteiger partial charge < -0.3 is 9.66 Å². The minimum atomic E-state index is -2.44. The van der Waals surface area contributed by atoms with Crippen molar-refractivity contribution in [2.75, 3.05) is 4.31 Å². The van der Waals surface area contributed by atoms with Crippen LogP contribution in [0, 0.1) is 6.92 Å². The van der Waals surface area contributed by atoms with Gasteiger partial charge in [-0.1, -0.05) is 48.0 Å². The Balaban J connectivity index is 1.76. The first kappa shape index (κ1) is 20.8. The molecule has 3 aromatic rings. The molecule has 0 aliphatic carbocycles. The van der Waals surface area contributed by atoms with Crippen molar-refractivity contribution in [3.63, 3.8) is 0 Å². The van der Waals surface area contributed by atoms with Crippen LogP contribution in [0.4, 0.5) is 11.4 Å². The second-order valence-corrected chi connectivity index (χ2v) is 7.63. The van der Waals surface area contributed by atoms with E-state index in [9.17, 15) is 13.6 Å². The van der Waals surface area contributed by atoms with E-state index in [4.69, 9.17) is 5.11 Å². The molecular weight excluding hydrogens is 386 g/mol. The lowest BCUT2D eigenvalue weighted by atomic mass is 10.0. The zero-order chi connectivity index (χ0) is 20.8. The number of carbonyl (C=O) groups is 1. The van der Waals surface area contributed by atoms with E-state index in [1.165, 1.54) is 4.31 Å². The van der Waals surface area contributed by atoms with E-state index < -0.39 is 17.2 Å². The predicted molar refractivity (Wildman–Crippen MR) is 114 cm³/mol. The summed E-state index contributed by atoms with van der Waals surface area (Å²) in [6.45, 7) is 1.96. The van der Waals surface area contributed by atoms with Crippen molar-refractivity contribution in [1.29, 1.82) is 0 Å². The molecule has 3 rings (SSSR count). The van der Waals surface area contributed by atoms with Gasteiger partial charge in [0.2, 0.25) is 0 Å². The van der Waals surface area contributed by atoms with Gasteiger partial charge in [0, 0.05) is 0 Å². The van der Waals surface area contributed by atoms with Crippen molar-refractivity contribution >= 4 is 28.6 Å². The third-order valence-electron chi connectivity index (χ3n) is 4.74. The van der Waals surface area contributed by atoms with E-state index in [1.54, 1.807) is 24.3 Å². The molecule has 0 spiro atoms. The number of carboxylic acid groups (broad SMARTS) is 1. The molecule has 29 heavy (non-hydrogen) atoms. The fourth-order valence-corrected chi connectivity index (χ4v) is 3.84. The molecule has 0 fully saturated rings. The normalized spacial score (nSPS) is 11.8. The molecule has 3 aromatic carbocycles. The molecule has 0 bridgehead atoms. The van der Waals surface area contributed by atoms with Crippen LogP contribution in [-0.2, 0) is 24.1 Å². The molecule has 0 saturated carbocycles. The third kappa shape index (κ3) is 5.31. The predicted octanol–water partition coefficient (Wildman–Crippen LogP) is 4.80. The standard InChI is InChI=1S/C23H23NO4S/c1-17-9-15-21(16-10-17)24(29(27)28)22-8-3-2-6-19(22)7-4-5-18-11-13-20(14-12-18)23(25)26/h2-3,6,8-16H,4-5,7H2,1H3,(H,25,26)(H,27,28)/p-1. The van der Waals surface area contributed by atoms with Crippen LogP contribution in [0.1, 0.15) is 33.5 Å². The second kappa shape index (κ2) is 9.49. The summed E-state index contributed by atoms with van der Waals surface area (Å²) in [7, 11) is 0. The van der Waals surface area contributed by atoms with Gasteiger partial charge >= 0.3 is 5.97 Å². The van der Waals surface area contributed by atoms with E-state index in [2.05, 4.69) is 0 Å². The number of para-hydroxylation sites is 1. The summed E-state index contributed by atoms with van der Waals surface area (Å²) in [5.74, 6) is -0.938. The molecule has 1 unspecified atom stereocenters. The van der Waals surface area contributed by atoms with Crippen molar-refractivity contribution in [2.24, 2.45) is 0 Å². The highest BCUT2D eigenvalue weighted by Crippen LogP contribution is 2.31. The number of aromatic carboxylic acids is 1. The van der Waals surface area contributed by atoms with Crippen molar-refractivity contribution in [1.82, 2.24) is 0 Å². The molecule has 0 aliphatic heterocycles. The molecule has 0 heterocycles. The summed E-state index contributed by atoms with van der Waals surface area (Å²) in [6, 6.07) is 21.7. The Bertz CT molecular complexity index is 1000. The summed E-state index contributed by atoms with van der Waals surface area (Å²) in [5, 5.41) is 8.98. The average molecular weight is 408 g/mol. The highest BCUT2D eigenvalue weighted by atomic mass is 32.2. The van der Waals surface area contributed by atoms with Gasteiger partial charge in [-0.3, -0.25) is 8.51 Å². The van der Waals surface area contributed by atoms with Crippen molar-refractivity contribution in [3.05, 3.63) is 95.1 Å². The lowest BCUT2D eigenvalue weighted by Crippen LogP contribution is -2.20. The van der Waals surface area contributed by atoms with Crippen LogP contribution in [0.3, 0.4) is 0 Å². The quantitative estimate of drug-likeness (QED) is 0.543. The maximum Gasteiger partial charge on any atom is 0.335 e. The fraction of sp³-hybridized carbons (Fsp3) is 0.174. The monoisotopic (exact) mass is 408 g/mol. The largest absolute Gasteiger partial charge is 0.755 e. The number of carboxylic acids is 1. The van der Waals surface area contributed by atoms with Crippen molar-refractivity contribution < 1.29 is 18.7 Å². The molecule has 150 valence electrons. The van der Waals surface area contributed by atoms with Crippen LogP contribution in [0.5, 0.6) is 0 Å². The summed E-state index contributed by atoms with van der Waals surface area (Å²) < 4.78 is 25.3. The number of anilines is 2. The van der Waals surface area contributed by atoms with E-state index in [0.29, 0.717) is 17.8 Å². The number of aryl methyl sites for hydroxylation is 3. The first-order valence-electron chi connectivity index (χ1n) is 9.32. The Morgan fingerprint density at radius 1 is 0.966 bits per heavy atom. The van der Waals surface area contributed by atoms with Crippen LogP contribution in [-0.4, -0.2) is 19.8 Å². The van der Waals surface area contributed by atoms with Crippen LogP contribution in [0.2, 0.25) is 0 Å². The zero-order valence-electron chi connectivity index (χ0n) is 16.1. The van der Waals surface area contributed by atoms with E-state index >= 15 is 0 Å². The molecule has 0 saturated heterocycles. The Labute approximate surface area is 173 Å². The Kier molecular flexibility index (Phi) is 6.80. The van der Waals surface area contributed by atoms with Crippen molar-refractivity contribution in [2.45, 2.75) is 26.2 Å². The van der Waals surface area contributed by atoms with Gasteiger partial charge in [-0.2, -0.15) is 0 Å². The van der Waals surface area contributed by atoms with Crippen LogP contribution in [0.25, 0.3) is 0 Å². The smallest absolute Gasteiger partial charge is 0.335 e. The first-order valence-corrected chi connectivity index (χ1v) is 10.3. The second-order valence-electron chi connectivity index (χ2n) is 6.83. The lowest BCUT2D eigenvalue weighted by Gasteiger charge is -2.28. The molecule has 1 N–H and O–H groups in total. The van der Waals surface area contributed by atoms with Gasteiger partial charge in [-0.05, 0) is 67.6 Å². The summed E-state index contributed by atoms with van der Waals surface area (Å²) >= 11 is -2.44. The van der Waals surface area contributed by atoms with E-state index in [0.717, 1.165) is 29.5 Å². The molecule has 0 aromatic heterocycles. The maximum atomic E-state index is 12.0. The van der Waals surface area contributed by atoms with Crippen LogP contribution < -0.4 is 4.31 Å². The zero-order valence-corrected chi connectivity index (χ0v) is 16.9. The molecule has 6 heteroatoms. The van der Waals surface area contributed by atoms with Crippen LogP contribution >= 0.6 is 0 Å². The van der Waals surface area contributed by atoms with Gasteiger partial charge in [0.1, 0.15) is 0 Å². The number of hydrogen-bond donors (Lipinski definition) is 1. The third-order valence-corrected chi connectivity index (χ3v) is 5.45. The van der Waals surface area contributed by atoms with E-state index in [-0.39, 0.29) is 5.56 Å². The summed E-state index contributed by atoms with van der Waals surface area (Å²) in [5.41, 5.74) is 4.57. The van der Waals surface area contributed by atoms with Gasteiger partial charge in [-0.25, -0.2) is 4.79 Å². The van der Waals surface area contributed by atoms with E-state index in [1.807, 2.05) is 55.5 Å². The fourth-order valence-electron chi connectivity index (χ4n) is 3.20.